The van der Waals surface area contributed by atoms with Crippen LogP contribution in [0.3, 0.4) is 0 Å². The minimum Gasteiger partial charge on any atom is -0.407 e. The number of thioether (sulfide) groups is 1. The van der Waals surface area contributed by atoms with Crippen LogP contribution < -0.4 is 10.6 Å². The molecule has 6 heteroatoms. The van der Waals surface area contributed by atoms with Gasteiger partial charge in [-0.1, -0.05) is 5.10 Å². The average molecular weight is 258 g/mol. The van der Waals surface area contributed by atoms with Crippen molar-refractivity contribution in [2.24, 2.45) is 0 Å². The fourth-order valence-corrected chi connectivity index (χ4v) is 1.58. The summed E-state index contributed by atoms with van der Waals surface area (Å²) >= 11 is 1.84. The van der Waals surface area contributed by atoms with Crippen LogP contribution in [0.5, 0.6) is 0 Å². The normalized spacial score (nSPS) is 11.8. The molecule has 0 spiro atoms. The number of anilines is 1. The van der Waals surface area contributed by atoms with E-state index in [2.05, 4.69) is 47.9 Å². The predicted molar refractivity (Wildman–Crippen MR) is 72.4 cm³/mol. The van der Waals surface area contributed by atoms with E-state index in [0.29, 0.717) is 18.5 Å². The van der Waals surface area contributed by atoms with E-state index < -0.39 is 0 Å². The second kappa shape index (κ2) is 6.86. The molecule has 2 N–H and O–H groups in total. The molecule has 1 aromatic rings. The van der Waals surface area contributed by atoms with Crippen LogP contribution in [0.4, 0.5) is 6.01 Å². The molecule has 0 saturated heterocycles. The van der Waals surface area contributed by atoms with Gasteiger partial charge in [0, 0.05) is 12.1 Å². The van der Waals surface area contributed by atoms with E-state index in [0.717, 1.165) is 18.7 Å². The summed E-state index contributed by atoms with van der Waals surface area (Å²) in [7, 11) is 0. The van der Waals surface area contributed by atoms with Crippen LogP contribution in [0.2, 0.25) is 0 Å². The van der Waals surface area contributed by atoms with Crippen molar-refractivity contribution >= 4 is 17.8 Å². The molecule has 0 radical (unpaired) electrons. The summed E-state index contributed by atoms with van der Waals surface area (Å²) in [6, 6.07) is 0.511. The van der Waals surface area contributed by atoms with Gasteiger partial charge < -0.3 is 15.1 Å². The van der Waals surface area contributed by atoms with Crippen molar-refractivity contribution in [1.29, 1.82) is 0 Å². The molecule has 1 aromatic heterocycles. The average Bonchev–Trinajstić information content (AvgIpc) is 2.69. The Morgan fingerprint density at radius 1 is 1.29 bits per heavy atom. The smallest absolute Gasteiger partial charge is 0.315 e. The van der Waals surface area contributed by atoms with Crippen molar-refractivity contribution in [3.05, 3.63) is 5.89 Å². The van der Waals surface area contributed by atoms with Gasteiger partial charge in [-0.25, -0.2) is 0 Å². The Morgan fingerprint density at radius 2 is 2.06 bits per heavy atom. The highest BCUT2D eigenvalue weighted by atomic mass is 32.2. The zero-order chi connectivity index (χ0) is 12.7. The van der Waals surface area contributed by atoms with Gasteiger partial charge in [0.25, 0.3) is 0 Å². The van der Waals surface area contributed by atoms with E-state index in [4.69, 9.17) is 4.42 Å². The van der Waals surface area contributed by atoms with Crippen molar-refractivity contribution in [3.63, 3.8) is 0 Å². The molecule has 0 aromatic carbocycles. The topological polar surface area (TPSA) is 63.0 Å². The molecule has 0 aliphatic rings. The third kappa shape index (κ3) is 6.53. The van der Waals surface area contributed by atoms with E-state index >= 15 is 0 Å². The summed E-state index contributed by atoms with van der Waals surface area (Å²) < 4.78 is 5.46. The van der Waals surface area contributed by atoms with E-state index in [1.54, 1.807) is 0 Å². The number of rotatable bonds is 7. The van der Waals surface area contributed by atoms with Gasteiger partial charge in [-0.2, -0.15) is 11.8 Å². The predicted octanol–water partition coefficient (Wildman–Crippen LogP) is 2.12. The first kappa shape index (κ1) is 14.3. The van der Waals surface area contributed by atoms with Gasteiger partial charge in [0.15, 0.2) is 0 Å². The summed E-state index contributed by atoms with van der Waals surface area (Å²) in [5, 5.41) is 14.3. The summed E-state index contributed by atoms with van der Waals surface area (Å²) in [6.45, 7) is 7.78. The maximum absolute atomic E-state index is 5.46. The maximum atomic E-state index is 5.46. The van der Waals surface area contributed by atoms with Crippen LogP contribution in [-0.4, -0.2) is 34.3 Å². The molecular formula is C11H22N4OS. The summed E-state index contributed by atoms with van der Waals surface area (Å²) in [6.07, 6.45) is 3.20. The zero-order valence-electron chi connectivity index (χ0n) is 11.0. The third-order valence-electron chi connectivity index (χ3n) is 2.04. The van der Waals surface area contributed by atoms with Crippen molar-refractivity contribution in [1.82, 2.24) is 15.5 Å². The number of nitrogens with one attached hydrogen (secondary N) is 2. The Morgan fingerprint density at radius 3 is 2.71 bits per heavy atom. The molecule has 0 fully saturated rings. The van der Waals surface area contributed by atoms with Gasteiger partial charge in [0.05, 0.1) is 6.54 Å². The molecule has 1 rings (SSSR count). The van der Waals surface area contributed by atoms with Crippen molar-refractivity contribution < 1.29 is 4.42 Å². The zero-order valence-corrected chi connectivity index (χ0v) is 11.9. The highest BCUT2D eigenvalue weighted by Crippen LogP contribution is 2.07. The Hall–Kier alpha value is -0.750. The molecular weight excluding hydrogens is 236 g/mol. The van der Waals surface area contributed by atoms with Crippen molar-refractivity contribution in [2.75, 3.05) is 23.9 Å². The second-order valence-corrected chi connectivity index (χ2v) is 5.86. The number of hydrogen-bond acceptors (Lipinski definition) is 6. The Balaban J connectivity index is 2.28. The van der Waals surface area contributed by atoms with Crippen LogP contribution in [0.15, 0.2) is 4.42 Å². The van der Waals surface area contributed by atoms with Gasteiger partial charge >= 0.3 is 6.01 Å². The lowest BCUT2D eigenvalue weighted by atomic mass is 10.1. The van der Waals surface area contributed by atoms with Gasteiger partial charge in [-0.3, -0.25) is 0 Å². The van der Waals surface area contributed by atoms with Crippen molar-refractivity contribution in [2.45, 2.75) is 39.3 Å². The van der Waals surface area contributed by atoms with Gasteiger partial charge in [0.1, 0.15) is 0 Å². The first-order valence-electron chi connectivity index (χ1n) is 5.81. The van der Waals surface area contributed by atoms with E-state index in [-0.39, 0.29) is 5.54 Å². The number of nitrogens with zero attached hydrogens (tertiary/aromatic N) is 2. The van der Waals surface area contributed by atoms with Crippen LogP contribution >= 0.6 is 11.8 Å². The Kier molecular flexibility index (Phi) is 5.77. The number of aromatic nitrogens is 2. The minimum atomic E-state index is 0.0560. The lowest BCUT2D eigenvalue weighted by Crippen LogP contribution is -2.35. The largest absolute Gasteiger partial charge is 0.407 e. The molecule has 0 amide bonds. The van der Waals surface area contributed by atoms with E-state index in [1.807, 2.05) is 11.8 Å². The molecule has 5 nitrogen and oxygen atoms in total. The van der Waals surface area contributed by atoms with Gasteiger partial charge in [-0.15, -0.1) is 5.10 Å². The SMILES string of the molecule is CSCCCNc1nnc(CNC(C)(C)C)o1. The summed E-state index contributed by atoms with van der Waals surface area (Å²) in [5.41, 5.74) is 0.0560. The fourth-order valence-electron chi connectivity index (χ4n) is 1.15. The second-order valence-electron chi connectivity index (χ2n) is 4.88. The maximum Gasteiger partial charge on any atom is 0.315 e. The van der Waals surface area contributed by atoms with Crippen LogP contribution in [0, 0.1) is 0 Å². The van der Waals surface area contributed by atoms with Gasteiger partial charge in [0.2, 0.25) is 5.89 Å². The summed E-state index contributed by atoms with van der Waals surface area (Å²) in [5.74, 6) is 1.76. The molecule has 0 unspecified atom stereocenters. The molecule has 0 atom stereocenters. The molecule has 0 aliphatic carbocycles. The highest BCUT2D eigenvalue weighted by molar-refractivity contribution is 7.98. The molecule has 1 heterocycles. The van der Waals surface area contributed by atoms with Gasteiger partial charge in [-0.05, 0) is 39.2 Å². The molecule has 17 heavy (non-hydrogen) atoms. The third-order valence-corrected chi connectivity index (χ3v) is 2.74. The van der Waals surface area contributed by atoms with E-state index in [1.165, 1.54) is 0 Å². The van der Waals surface area contributed by atoms with E-state index in [9.17, 15) is 0 Å². The van der Waals surface area contributed by atoms with Crippen LogP contribution in [0.25, 0.3) is 0 Å². The van der Waals surface area contributed by atoms with Crippen molar-refractivity contribution in [3.8, 4) is 0 Å². The monoisotopic (exact) mass is 258 g/mol. The fraction of sp³-hybridized carbons (Fsp3) is 0.818. The standard InChI is InChI=1S/C11H22N4OS/c1-11(2,3)13-8-9-14-15-10(16-9)12-6-5-7-17-4/h13H,5-8H2,1-4H3,(H,12,15). The quantitative estimate of drug-likeness (QED) is 0.730. The number of hydrogen-bond donors (Lipinski definition) is 2. The first-order valence-corrected chi connectivity index (χ1v) is 7.21. The Bertz CT molecular complexity index is 322. The van der Waals surface area contributed by atoms with Crippen LogP contribution in [0.1, 0.15) is 33.1 Å². The highest BCUT2D eigenvalue weighted by Gasteiger charge is 2.11. The first-order chi connectivity index (χ1) is 8.01. The molecule has 98 valence electrons. The van der Waals surface area contributed by atoms with Crippen LogP contribution in [-0.2, 0) is 6.54 Å². The lowest BCUT2D eigenvalue weighted by molar-refractivity contribution is 0.383. The molecule has 0 saturated carbocycles. The minimum absolute atomic E-state index is 0.0560. The molecule has 0 bridgehead atoms. The lowest BCUT2D eigenvalue weighted by Gasteiger charge is -2.18. The summed E-state index contributed by atoms with van der Waals surface area (Å²) in [4.78, 5) is 0. The Labute approximate surface area is 107 Å². The molecule has 0 aliphatic heterocycles.